The predicted octanol–water partition coefficient (Wildman–Crippen LogP) is 15.7. The van der Waals surface area contributed by atoms with Crippen molar-refractivity contribution in [2.24, 2.45) is 5.73 Å². The number of amides is 1. The van der Waals surface area contributed by atoms with Crippen LogP contribution >= 0.6 is 0 Å². The fraction of sp³-hybridized carbons (Fsp3) is 0.957. The lowest BCUT2D eigenvalue weighted by atomic mass is 10.0. The van der Waals surface area contributed by atoms with Crippen molar-refractivity contribution in [2.45, 2.75) is 278 Å². The van der Waals surface area contributed by atoms with E-state index in [9.17, 15) is 9.59 Å². The topological polar surface area (TPSA) is 69.4 Å². The molecule has 0 aliphatic carbocycles. The fourth-order valence-corrected chi connectivity index (χ4v) is 6.96. The quantitative estimate of drug-likeness (QED) is 0.0508. The molecule has 0 radical (unpaired) electrons. The Balaban J connectivity index is 0. The number of ether oxygens (including phenoxy) is 1. The molecule has 0 saturated heterocycles. The van der Waals surface area contributed by atoms with Crippen molar-refractivity contribution in [1.82, 2.24) is 0 Å². The van der Waals surface area contributed by atoms with Gasteiger partial charge in [-0.05, 0) is 19.8 Å². The predicted molar refractivity (Wildman–Crippen MR) is 222 cm³/mol. The molecular formula is C46H93NO3. The highest BCUT2D eigenvalue weighted by atomic mass is 16.5. The smallest absolute Gasteiger partial charge is 0.305 e. The molecular weight excluding hydrogens is 615 g/mol. The minimum atomic E-state index is -0.150. The molecule has 2 N–H and O–H groups in total. The van der Waals surface area contributed by atoms with Crippen LogP contribution in [0.4, 0.5) is 0 Å². The summed E-state index contributed by atoms with van der Waals surface area (Å²) in [6.07, 6.45) is 53.7. The van der Waals surface area contributed by atoms with Crippen LogP contribution in [0, 0.1) is 0 Å². The molecule has 0 rings (SSSR count). The lowest BCUT2D eigenvalue weighted by molar-refractivity contribution is -0.143. The number of nitrogens with two attached hydrogens (primary N) is 1. The van der Waals surface area contributed by atoms with Crippen LogP contribution in [0.3, 0.4) is 0 Å². The van der Waals surface area contributed by atoms with Gasteiger partial charge in [-0.15, -0.1) is 0 Å². The molecule has 0 heterocycles. The maximum Gasteiger partial charge on any atom is 0.305 e. The molecule has 50 heavy (non-hydrogen) atoms. The van der Waals surface area contributed by atoms with Crippen LogP contribution < -0.4 is 5.73 Å². The Morgan fingerprint density at radius 2 is 0.520 bits per heavy atom. The molecule has 1 amide bonds. The number of rotatable bonds is 41. The molecule has 0 saturated carbocycles. The van der Waals surface area contributed by atoms with Crippen LogP contribution in [0.25, 0.3) is 0 Å². The minimum Gasteiger partial charge on any atom is -0.466 e. The normalized spacial score (nSPS) is 11.0. The Bertz CT molecular complexity index is 637. The first-order chi connectivity index (χ1) is 24.6. The summed E-state index contributed by atoms with van der Waals surface area (Å²) in [5.41, 5.74) is 5.15. The van der Waals surface area contributed by atoms with E-state index in [0.29, 0.717) is 19.4 Å². The van der Waals surface area contributed by atoms with Gasteiger partial charge in [-0.3, -0.25) is 9.59 Å². The molecule has 0 aromatic rings. The second-order valence-corrected chi connectivity index (χ2v) is 15.5. The molecule has 0 aliphatic heterocycles. The molecule has 4 nitrogen and oxygen atoms in total. The zero-order chi connectivity index (χ0) is 36.9. The van der Waals surface area contributed by atoms with Crippen molar-refractivity contribution >= 4 is 11.9 Å². The van der Waals surface area contributed by atoms with Gasteiger partial charge in [-0.1, -0.05) is 245 Å². The average Bonchev–Trinajstić information content (AvgIpc) is 3.10. The van der Waals surface area contributed by atoms with Crippen molar-refractivity contribution < 1.29 is 14.3 Å². The largest absolute Gasteiger partial charge is 0.466 e. The highest BCUT2D eigenvalue weighted by Gasteiger charge is 2.01. The number of carbonyl (C=O) groups excluding carboxylic acids is 2. The molecule has 300 valence electrons. The summed E-state index contributed by atoms with van der Waals surface area (Å²) in [4.78, 5) is 21.8. The number of carbonyl (C=O) groups is 2. The van der Waals surface area contributed by atoms with Crippen molar-refractivity contribution in [3.8, 4) is 0 Å². The van der Waals surface area contributed by atoms with Gasteiger partial charge in [0.25, 0.3) is 0 Å². The Hall–Kier alpha value is -1.06. The van der Waals surface area contributed by atoms with Gasteiger partial charge in [0.1, 0.15) is 0 Å². The molecule has 0 atom stereocenters. The monoisotopic (exact) mass is 708 g/mol. The van der Waals surface area contributed by atoms with Crippen molar-refractivity contribution in [2.75, 3.05) is 6.61 Å². The van der Waals surface area contributed by atoms with Gasteiger partial charge in [0.2, 0.25) is 5.91 Å². The third-order valence-electron chi connectivity index (χ3n) is 10.3. The molecule has 0 fully saturated rings. The lowest BCUT2D eigenvalue weighted by Gasteiger charge is -2.04. The van der Waals surface area contributed by atoms with Crippen molar-refractivity contribution in [3.05, 3.63) is 0 Å². The van der Waals surface area contributed by atoms with Crippen molar-refractivity contribution in [1.29, 1.82) is 0 Å². The summed E-state index contributed by atoms with van der Waals surface area (Å²) >= 11 is 0. The zero-order valence-corrected chi connectivity index (χ0v) is 34.8. The maximum absolute atomic E-state index is 11.2. The summed E-state index contributed by atoms with van der Waals surface area (Å²) in [6, 6.07) is 0. The second-order valence-electron chi connectivity index (χ2n) is 15.5. The summed E-state index contributed by atoms with van der Waals surface area (Å²) in [5, 5.41) is 0. The number of hydrogen-bond donors (Lipinski definition) is 1. The standard InChI is InChI=1S/C26H53NO.C20H40O2/c1-2-3-4-5-6-7-8-9-10-11-12-13-14-15-16-17-18-19-20-21-22-23-24-25-26(27)28;1-3-5-6-7-8-9-10-11-12-13-14-15-16-17-18-19-20(21)22-4-2/h2-25H2,1H3,(H2,27,28);3-19H2,1-2H3. The third kappa shape index (κ3) is 51.3. The van der Waals surface area contributed by atoms with Gasteiger partial charge in [0, 0.05) is 12.8 Å². The van der Waals surface area contributed by atoms with Crippen LogP contribution in [-0.4, -0.2) is 18.5 Å². The van der Waals surface area contributed by atoms with Crippen LogP contribution in [0.1, 0.15) is 278 Å². The van der Waals surface area contributed by atoms with Gasteiger partial charge >= 0.3 is 5.97 Å². The van der Waals surface area contributed by atoms with Gasteiger partial charge in [-0.25, -0.2) is 0 Å². The number of unbranched alkanes of at least 4 members (excludes halogenated alkanes) is 36. The molecule has 0 bridgehead atoms. The molecule has 0 aliphatic rings. The molecule has 0 aromatic heterocycles. The summed E-state index contributed by atoms with van der Waals surface area (Å²) < 4.78 is 4.92. The van der Waals surface area contributed by atoms with E-state index >= 15 is 0 Å². The van der Waals surface area contributed by atoms with E-state index in [-0.39, 0.29) is 11.9 Å². The van der Waals surface area contributed by atoms with Crippen LogP contribution in [-0.2, 0) is 14.3 Å². The van der Waals surface area contributed by atoms with Crippen LogP contribution in [0.5, 0.6) is 0 Å². The van der Waals surface area contributed by atoms with Gasteiger partial charge in [0.05, 0.1) is 6.61 Å². The second kappa shape index (κ2) is 47.9. The van der Waals surface area contributed by atoms with E-state index in [1.807, 2.05) is 6.92 Å². The zero-order valence-electron chi connectivity index (χ0n) is 34.8. The summed E-state index contributed by atoms with van der Waals surface area (Å²) in [5.74, 6) is -0.180. The Morgan fingerprint density at radius 3 is 0.720 bits per heavy atom. The Morgan fingerprint density at radius 1 is 0.320 bits per heavy atom. The molecule has 0 unspecified atom stereocenters. The van der Waals surface area contributed by atoms with E-state index < -0.39 is 0 Å². The van der Waals surface area contributed by atoms with Crippen molar-refractivity contribution in [3.63, 3.8) is 0 Å². The summed E-state index contributed by atoms with van der Waals surface area (Å²) in [7, 11) is 0. The average molecular weight is 708 g/mol. The Labute approximate surface area is 315 Å². The van der Waals surface area contributed by atoms with Crippen LogP contribution in [0.15, 0.2) is 0 Å². The minimum absolute atomic E-state index is 0.0304. The number of hydrogen-bond acceptors (Lipinski definition) is 3. The van der Waals surface area contributed by atoms with E-state index in [0.717, 1.165) is 12.8 Å². The van der Waals surface area contributed by atoms with Gasteiger partial charge in [-0.2, -0.15) is 0 Å². The molecule has 0 aromatic carbocycles. The van der Waals surface area contributed by atoms with E-state index in [1.165, 1.54) is 231 Å². The van der Waals surface area contributed by atoms with Gasteiger partial charge < -0.3 is 10.5 Å². The number of primary amides is 1. The van der Waals surface area contributed by atoms with E-state index in [2.05, 4.69) is 13.8 Å². The third-order valence-corrected chi connectivity index (χ3v) is 10.3. The fourth-order valence-electron chi connectivity index (χ4n) is 6.96. The molecule has 0 spiro atoms. The van der Waals surface area contributed by atoms with E-state index in [4.69, 9.17) is 10.5 Å². The highest BCUT2D eigenvalue weighted by Crippen LogP contribution is 2.16. The lowest BCUT2D eigenvalue weighted by Crippen LogP contribution is -2.09. The maximum atomic E-state index is 11.2. The Kier molecular flexibility index (Phi) is 48.9. The van der Waals surface area contributed by atoms with Crippen LogP contribution in [0.2, 0.25) is 0 Å². The molecule has 4 heteroatoms. The van der Waals surface area contributed by atoms with E-state index in [1.54, 1.807) is 0 Å². The first kappa shape index (κ1) is 51.0. The SMILES string of the molecule is CCCCCCCCCCCCCCCCCC(=O)OCC.CCCCCCCCCCCCCCCCCCCCCCCCCC(N)=O. The number of esters is 1. The highest BCUT2D eigenvalue weighted by molar-refractivity contribution is 5.73. The first-order valence-electron chi connectivity index (χ1n) is 23.0. The van der Waals surface area contributed by atoms with Gasteiger partial charge in [0.15, 0.2) is 0 Å². The first-order valence-corrected chi connectivity index (χ1v) is 23.0. The summed E-state index contributed by atoms with van der Waals surface area (Å²) in [6.45, 7) is 6.95.